The molecule has 0 radical (unpaired) electrons. The predicted octanol–water partition coefficient (Wildman–Crippen LogP) is 3.41. The van der Waals surface area contributed by atoms with Crippen molar-refractivity contribution in [2.45, 2.75) is 26.2 Å². The summed E-state index contributed by atoms with van der Waals surface area (Å²) >= 11 is 2.93. The van der Waals surface area contributed by atoms with Gasteiger partial charge in [-0.05, 0) is 23.0 Å². The highest BCUT2D eigenvalue weighted by atomic mass is 32.1. The number of nitrogens with zero attached hydrogens (tertiary/aromatic N) is 2. The highest BCUT2D eigenvalue weighted by molar-refractivity contribution is 7.18. The topological polar surface area (TPSA) is 58.6 Å². The zero-order valence-electron chi connectivity index (χ0n) is 10.9. The van der Waals surface area contributed by atoms with Crippen LogP contribution < -0.4 is 5.56 Å². The molecule has 98 valence electrons. The Morgan fingerprint density at radius 2 is 2.11 bits per heavy atom. The molecule has 0 atom stereocenters. The molecule has 0 saturated heterocycles. The van der Waals surface area contributed by atoms with Crippen molar-refractivity contribution < 1.29 is 0 Å². The number of rotatable bonds is 1. The van der Waals surface area contributed by atoms with E-state index in [-0.39, 0.29) is 11.0 Å². The van der Waals surface area contributed by atoms with Crippen LogP contribution in [0.1, 0.15) is 25.6 Å². The minimum Gasteiger partial charge on any atom is -0.306 e. The molecule has 0 unspecified atom stereocenters. The van der Waals surface area contributed by atoms with Gasteiger partial charge in [0, 0.05) is 15.8 Å². The number of aromatic nitrogens is 3. The van der Waals surface area contributed by atoms with E-state index in [0.29, 0.717) is 11.2 Å². The summed E-state index contributed by atoms with van der Waals surface area (Å²) in [6, 6.07) is 1.95. The Labute approximate surface area is 118 Å². The van der Waals surface area contributed by atoms with Gasteiger partial charge in [-0.1, -0.05) is 20.8 Å². The van der Waals surface area contributed by atoms with Crippen LogP contribution >= 0.6 is 22.9 Å². The fourth-order valence-electron chi connectivity index (χ4n) is 1.76. The van der Waals surface area contributed by atoms with Gasteiger partial charge in [0.15, 0.2) is 0 Å². The fourth-order valence-corrected chi connectivity index (χ4v) is 3.37. The smallest absolute Gasteiger partial charge is 0.259 e. The number of aromatic amines is 1. The molecule has 0 saturated carbocycles. The molecule has 0 aliphatic rings. The van der Waals surface area contributed by atoms with Crippen molar-refractivity contribution in [1.29, 1.82) is 0 Å². The minimum absolute atomic E-state index is 0.0297. The molecule has 1 N–H and O–H groups in total. The zero-order valence-corrected chi connectivity index (χ0v) is 12.5. The molecule has 6 heteroatoms. The predicted molar refractivity (Wildman–Crippen MR) is 80.0 cm³/mol. The number of nitrogens with one attached hydrogen (secondary N) is 1. The van der Waals surface area contributed by atoms with Crippen LogP contribution in [-0.4, -0.2) is 14.3 Å². The van der Waals surface area contributed by atoms with Crippen molar-refractivity contribution in [3.8, 4) is 11.4 Å². The lowest BCUT2D eigenvalue weighted by Crippen LogP contribution is -2.09. The maximum atomic E-state index is 12.1. The fraction of sp³-hybridized carbons (Fsp3) is 0.308. The van der Waals surface area contributed by atoms with Gasteiger partial charge in [-0.3, -0.25) is 4.79 Å². The van der Waals surface area contributed by atoms with Gasteiger partial charge in [0.05, 0.1) is 11.6 Å². The lowest BCUT2D eigenvalue weighted by Gasteiger charge is -2.14. The van der Waals surface area contributed by atoms with Crippen LogP contribution in [-0.2, 0) is 5.41 Å². The zero-order chi connectivity index (χ0) is 13.6. The number of fused-ring (bicyclic) bond motifs is 1. The van der Waals surface area contributed by atoms with E-state index in [2.05, 4.69) is 35.1 Å². The van der Waals surface area contributed by atoms with Crippen LogP contribution in [0, 0.1) is 0 Å². The van der Waals surface area contributed by atoms with Gasteiger partial charge >= 0.3 is 0 Å². The average molecular weight is 291 g/mol. The third kappa shape index (κ3) is 2.21. The molecule has 19 heavy (non-hydrogen) atoms. The van der Waals surface area contributed by atoms with Crippen LogP contribution in [0.5, 0.6) is 0 Å². The first-order chi connectivity index (χ1) is 8.95. The summed E-state index contributed by atoms with van der Waals surface area (Å²) in [7, 11) is 0. The van der Waals surface area contributed by atoms with Gasteiger partial charge < -0.3 is 4.98 Å². The van der Waals surface area contributed by atoms with Gasteiger partial charge in [0.1, 0.15) is 10.7 Å². The van der Waals surface area contributed by atoms with Crippen LogP contribution in [0.4, 0.5) is 0 Å². The Kier molecular flexibility index (Phi) is 2.79. The molecule has 0 fully saturated rings. The monoisotopic (exact) mass is 291 g/mol. The van der Waals surface area contributed by atoms with E-state index in [4.69, 9.17) is 0 Å². The van der Waals surface area contributed by atoms with Gasteiger partial charge in [-0.2, -0.15) is 0 Å². The number of hydrogen-bond acceptors (Lipinski definition) is 5. The van der Waals surface area contributed by atoms with Crippen LogP contribution in [0.2, 0.25) is 0 Å². The van der Waals surface area contributed by atoms with Crippen molar-refractivity contribution in [1.82, 2.24) is 14.3 Å². The van der Waals surface area contributed by atoms with E-state index in [1.807, 2.05) is 11.4 Å². The number of thiophene rings is 1. The second-order valence-corrected chi connectivity index (χ2v) is 7.10. The SMILES string of the molecule is CC(C)(C)c1cc2c(=O)[nH]c(-c3cnsc3)nc2s1. The molecule has 3 heterocycles. The second-order valence-electron chi connectivity index (χ2n) is 5.41. The van der Waals surface area contributed by atoms with E-state index in [9.17, 15) is 4.79 Å². The largest absolute Gasteiger partial charge is 0.306 e. The first-order valence-electron chi connectivity index (χ1n) is 5.89. The summed E-state index contributed by atoms with van der Waals surface area (Å²) in [5, 5.41) is 2.55. The molecule has 3 aromatic heterocycles. The third-order valence-corrected chi connectivity index (χ3v) is 4.89. The molecule has 0 aliphatic carbocycles. The molecule has 4 nitrogen and oxygen atoms in total. The Morgan fingerprint density at radius 1 is 1.32 bits per heavy atom. The maximum absolute atomic E-state index is 12.1. The van der Waals surface area contributed by atoms with E-state index < -0.39 is 0 Å². The molecular formula is C13H13N3OS2. The lowest BCUT2D eigenvalue weighted by molar-refractivity contribution is 0.604. The van der Waals surface area contributed by atoms with Crippen LogP contribution in [0.25, 0.3) is 21.6 Å². The Bertz CT molecular complexity index is 778. The van der Waals surface area contributed by atoms with Gasteiger partial charge in [-0.15, -0.1) is 11.3 Å². The molecule has 0 amide bonds. The molecule has 3 aromatic rings. The van der Waals surface area contributed by atoms with Crippen molar-refractivity contribution in [2.24, 2.45) is 0 Å². The Morgan fingerprint density at radius 3 is 2.74 bits per heavy atom. The average Bonchev–Trinajstić information content (AvgIpc) is 2.96. The van der Waals surface area contributed by atoms with Gasteiger partial charge in [0.25, 0.3) is 5.56 Å². The Balaban J connectivity index is 2.24. The minimum atomic E-state index is -0.0852. The quantitative estimate of drug-likeness (QED) is 0.747. The number of hydrogen-bond donors (Lipinski definition) is 1. The van der Waals surface area contributed by atoms with Gasteiger partial charge in [-0.25, -0.2) is 9.36 Å². The summed E-state index contributed by atoms with van der Waals surface area (Å²) in [5.41, 5.74) is 0.801. The standard InChI is InChI=1S/C13H13N3OS2/c1-13(2,3)9-4-8-11(17)15-10(16-12(8)19-9)7-5-14-18-6-7/h4-6H,1-3H3,(H,15,16,17). The second kappa shape index (κ2) is 4.25. The van der Waals surface area contributed by atoms with Crippen molar-refractivity contribution >= 4 is 33.1 Å². The maximum Gasteiger partial charge on any atom is 0.259 e. The molecule has 0 spiro atoms. The Hall–Kier alpha value is -1.53. The number of H-pyrrole nitrogens is 1. The van der Waals surface area contributed by atoms with Crippen molar-refractivity contribution in [3.63, 3.8) is 0 Å². The van der Waals surface area contributed by atoms with Gasteiger partial charge in [0.2, 0.25) is 0 Å². The lowest BCUT2D eigenvalue weighted by atomic mass is 9.94. The molecule has 0 aromatic carbocycles. The van der Waals surface area contributed by atoms with E-state index in [1.54, 1.807) is 17.5 Å². The third-order valence-electron chi connectivity index (χ3n) is 2.85. The first-order valence-corrected chi connectivity index (χ1v) is 7.54. The normalized spacial score (nSPS) is 12.2. The van der Waals surface area contributed by atoms with Crippen molar-refractivity contribution in [2.75, 3.05) is 0 Å². The first kappa shape index (κ1) is 12.5. The summed E-state index contributed by atoms with van der Waals surface area (Å²) in [5.74, 6) is 0.591. The highest BCUT2D eigenvalue weighted by Gasteiger charge is 2.19. The molecular weight excluding hydrogens is 278 g/mol. The molecule has 0 bridgehead atoms. The van der Waals surface area contributed by atoms with Crippen LogP contribution in [0.15, 0.2) is 22.4 Å². The van der Waals surface area contributed by atoms with E-state index >= 15 is 0 Å². The summed E-state index contributed by atoms with van der Waals surface area (Å²) < 4.78 is 4.04. The summed E-state index contributed by atoms with van der Waals surface area (Å²) in [4.78, 5) is 21.5. The van der Waals surface area contributed by atoms with Crippen LogP contribution in [0.3, 0.4) is 0 Å². The summed E-state index contributed by atoms with van der Waals surface area (Å²) in [6.07, 6.45) is 1.72. The summed E-state index contributed by atoms with van der Waals surface area (Å²) in [6.45, 7) is 6.40. The highest BCUT2D eigenvalue weighted by Crippen LogP contribution is 2.32. The van der Waals surface area contributed by atoms with E-state index in [1.165, 1.54) is 16.4 Å². The van der Waals surface area contributed by atoms with E-state index in [0.717, 1.165) is 10.4 Å². The van der Waals surface area contributed by atoms with Crippen molar-refractivity contribution in [3.05, 3.63) is 32.9 Å². The molecule has 0 aliphatic heterocycles. The molecule has 3 rings (SSSR count).